The first kappa shape index (κ1) is 25.3. The molecular formula is C24H37FN4O6. The lowest BCUT2D eigenvalue weighted by atomic mass is 9.97. The largest absolute Gasteiger partial charge is 0.342 e. The van der Waals surface area contributed by atoms with E-state index in [1.54, 1.807) is 0 Å². The maximum absolute atomic E-state index is 13.6. The summed E-state index contributed by atoms with van der Waals surface area (Å²) in [5.41, 5.74) is 0. The molecule has 10 nitrogen and oxygen atoms in total. The van der Waals surface area contributed by atoms with Crippen LogP contribution >= 0.6 is 0 Å². The molecule has 1 N–H and O–H groups in total. The summed E-state index contributed by atoms with van der Waals surface area (Å²) in [6.45, 7) is 10.1. The normalized spacial score (nSPS) is 40.9. The van der Waals surface area contributed by atoms with Crippen LogP contribution in [-0.2, 0) is 28.5 Å². The fourth-order valence-electron chi connectivity index (χ4n) is 5.93. The molecule has 5 fully saturated rings. The zero-order valence-corrected chi connectivity index (χ0v) is 20.9. The van der Waals surface area contributed by atoms with Crippen molar-refractivity contribution < 1.29 is 32.9 Å². The Labute approximate surface area is 205 Å². The monoisotopic (exact) mass is 496 g/mol. The van der Waals surface area contributed by atoms with Crippen LogP contribution in [-0.4, -0.2) is 109 Å². The highest BCUT2D eigenvalue weighted by Gasteiger charge is 2.60. The van der Waals surface area contributed by atoms with Crippen molar-refractivity contribution in [2.24, 2.45) is 0 Å². The average molecular weight is 497 g/mol. The molecule has 0 spiro atoms. The lowest BCUT2D eigenvalue weighted by Crippen LogP contribution is -2.58. The van der Waals surface area contributed by atoms with Crippen LogP contribution in [0.4, 0.5) is 4.39 Å². The van der Waals surface area contributed by atoms with Gasteiger partial charge in [0, 0.05) is 19.0 Å². The van der Waals surface area contributed by atoms with Crippen molar-refractivity contribution in [3.63, 3.8) is 0 Å². The van der Waals surface area contributed by atoms with Crippen molar-refractivity contribution in [3.8, 4) is 6.07 Å². The van der Waals surface area contributed by atoms with Gasteiger partial charge in [0.25, 0.3) is 0 Å². The molecule has 35 heavy (non-hydrogen) atoms. The number of halogens is 1. The van der Waals surface area contributed by atoms with E-state index in [2.05, 4.69) is 10.2 Å². The van der Waals surface area contributed by atoms with Crippen LogP contribution in [0.1, 0.15) is 47.0 Å². The molecule has 5 aliphatic heterocycles. The van der Waals surface area contributed by atoms with E-state index >= 15 is 0 Å². The number of nitrogens with zero attached hydrogens (tertiary/aromatic N) is 3. The zero-order valence-electron chi connectivity index (χ0n) is 20.9. The second-order valence-corrected chi connectivity index (χ2v) is 11.2. The van der Waals surface area contributed by atoms with E-state index in [9.17, 15) is 9.18 Å². The third-order valence-corrected chi connectivity index (χ3v) is 7.54. The van der Waals surface area contributed by atoms with Crippen molar-refractivity contribution in [1.29, 1.82) is 5.26 Å². The summed E-state index contributed by atoms with van der Waals surface area (Å²) >= 11 is 0. The van der Waals surface area contributed by atoms with E-state index in [1.807, 2.05) is 33.8 Å². The number of carbonyl (C=O) groups is 1. The number of ether oxygens (including phenoxy) is 5. The van der Waals surface area contributed by atoms with Crippen molar-refractivity contribution in [3.05, 3.63) is 0 Å². The predicted molar refractivity (Wildman–Crippen MR) is 121 cm³/mol. The fourth-order valence-corrected chi connectivity index (χ4v) is 5.93. The molecule has 1 unspecified atom stereocenters. The van der Waals surface area contributed by atoms with Crippen molar-refractivity contribution >= 4 is 5.91 Å². The Balaban J connectivity index is 1.11. The first-order chi connectivity index (χ1) is 16.5. The van der Waals surface area contributed by atoms with Gasteiger partial charge in [-0.15, -0.1) is 0 Å². The van der Waals surface area contributed by atoms with Gasteiger partial charge in [0.15, 0.2) is 17.9 Å². The smallest absolute Gasteiger partial charge is 0.237 e. The van der Waals surface area contributed by atoms with Gasteiger partial charge in [-0.1, -0.05) is 0 Å². The quantitative estimate of drug-likeness (QED) is 0.594. The minimum absolute atomic E-state index is 0.0110. The van der Waals surface area contributed by atoms with Gasteiger partial charge in [-0.3, -0.25) is 4.79 Å². The highest BCUT2D eigenvalue weighted by molar-refractivity contribution is 5.79. The molecule has 0 aromatic heterocycles. The number of nitriles is 1. The van der Waals surface area contributed by atoms with E-state index in [1.165, 1.54) is 4.90 Å². The van der Waals surface area contributed by atoms with Gasteiger partial charge in [-0.25, -0.2) is 4.39 Å². The number of carbonyl (C=O) groups excluding carboxylic acids is 1. The van der Waals surface area contributed by atoms with Crippen LogP contribution < -0.4 is 5.32 Å². The molecule has 196 valence electrons. The molecule has 5 heterocycles. The summed E-state index contributed by atoms with van der Waals surface area (Å²) in [5, 5.41) is 12.5. The van der Waals surface area contributed by atoms with E-state index in [-0.39, 0.29) is 55.9 Å². The molecule has 7 atom stereocenters. The van der Waals surface area contributed by atoms with Crippen LogP contribution in [0.15, 0.2) is 0 Å². The Bertz CT molecular complexity index is 844. The summed E-state index contributed by atoms with van der Waals surface area (Å²) in [7, 11) is 0. The molecule has 1 amide bonds. The van der Waals surface area contributed by atoms with Crippen LogP contribution in [0.25, 0.3) is 0 Å². The standard InChI is InChI=1S/C24H37FN4O6/c1-23(2)32-19-17(31-22-21(20(19)33-23)34-24(3,4)35-22)13-28-7-5-15(6-8-28)27-11-18(30)29-12-14(25)9-16(29)10-26/h14-17,19-22,27H,5-9,11-13H2,1-4H3/t14?,16-,17+,19-,20-,21+,22+/m0/s1. The highest BCUT2D eigenvalue weighted by atomic mass is 19.1. The van der Waals surface area contributed by atoms with Gasteiger partial charge in [0.05, 0.1) is 19.2 Å². The van der Waals surface area contributed by atoms with Gasteiger partial charge in [-0.05, 0) is 53.6 Å². The van der Waals surface area contributed by atoms with Gasteiger partial charge < -0.3 is 38.8 Å². The highest BCUT2D eigenvalue weighted by Crippen LogP contribution is 2.44. The van der Waals surface area contributed by atoms with Crippen LogP contribution in [0.5, 0.6) is 0 Å². The van der Waals surface area contributed by atoms with Crippen LogP contribution in [0.2, 0.25) is 0 Å². The van der Waals surface area contributed by atoms with E-state index in [0.717, 1.165) is 25.9 Å². The Kier molecular flexibility index (Phi) is 6.85. The van der Waals surface area contributed by atoms with E-state index < -0.39 is 30.1 Å². The molecule has 0 bridgehead atoms. The fraction of sp³-hybridized carbons (Fsp3) is 0.917. The minimum atomic E-state index is -1.11. The Morgan fingerprint density at radius 2 is 1.71 bits per heavy atom. The zero-order chi connectivity index (χ0) is 25.0. The second kappa shape index (κ2) is 9.49. The van der Waals surface area contributed by atoms with Crippen LogP contribution in [0.3, 0.4) is 0 Å². The molecule has 0 aromatic rings. The number of nitrogens with one attached hydrogen (secondary N) is 1. The molecule has 0 aromatic carbocycles. The molecule has 0 radical (unpaired) electrons. The second-order valence-electron chi connectivity index (χ2n) is 11.2. The first-order valence-corrected chi connectivity index (χ1v) is 12.7. The average Bonchev–Trinajstić information content (AvgIpc) is 3.43. The number of fused-ring (bicyclic) bond motifs is 3. The Morgan fingerprint density at radius 1 is 1.06 bits per heavy atom. The van der Waals surface area contributed by atoms with Gasteiger partial charge in [-0.2, -0.15) is 5.26 Å². The Hall–Kier alpha value is -1.39. The van der Waals surface area contributed by atoms with E-state index in [4.69, 9.17) is 28.9 Å². The summed E-state index contributed by atoms with van der Waals surface area (Å²) in [6.07, 6.45) is -0.790. The summed E-state index contributed by atoms with van der Waals surface area (Å²) in [5.74, 6) is -1.66. The third kappa shape index (κ3) is 5.34. The molecular weight excluding hydrogens is 459 g/mol. The van der Waals surface area contributed by atoms with Crippen molar-refractivity contribution in [2.75, 3.05) is 32.7 Å². The molecule has 5 aliphatic rings. The number of hydrogen-bond donors (Lipinski definition) is 1. The van der Waals surface area contributed by atoms with E-state index in [0.29, 0.717) is 6.54 Å². The molecule has 11 heteroatoms. The number of amides is 1. The van der Waals surface area contributed by atoms with Gasteiger partial charge in [0.1, 0.15) is 36.6 Å². The lowest BCUT2D eigenvalue weighted by Gasteiger charge is -2.41. The first-order valence-electron chi connectivity index (χ1n) is 12.7. The SMILES string of the molecule is CC1(C)O[C@H]2[C@@H](O1)[C@@H](CN1CCC(NCC(=O)N3CC(F)C[C@H]3C#N)CC1)O[C@@H]1OC(C)(C)O[C@@H]12. The number of likely N-dealkylation sites (tertiary alicyclic amines) is 2. The molecule has 5 saturated heterocycles. The maximum Gasteiger partial charge on any atom is 0.237 e. The summed E-state index contributed by atoms with van der Waals surface area (Å²) < 4.78 is 44.5. The minimum Gasteiger partial charge on any atom is -0.342 e. The number of rotatable bonds is 5. The predicted octanol–water partition coefficient (Wildman–Crippen LogP) is 0.899. The van der Waals surface area contributed by atoms with Gasteiger partial charge >= 0.3 is 0 Å². The maximum atomic E-state index is 13.6. The summed E-state index contributed by atoms with van der Waals surface area (Å²) in [4.78, 5) is 16.2. The van der Waals surface area contributed by atoms with Gasteiger partial charge in [0.2, 0.25) is 5.91 Å². The topological polar surface area (TPSA) is 106 Å². The van der Waals surface area contributed by atoms with Crippen molar-refractivity contribution in [2.45, 2.75) is 107 Å². The Morgan fingerprint density at radius 3 is 2.43 bits per heavy atom. The third-order valence-electron chi connectivity index (χ3n) is 7.54. The van der Waals surface area contributed by atoms with Crippen LogP contribution in [0, 0.1) is 11.3 Å². The lowest BCUT2D eigenvalue weighted by molar-refractivity contribution is -0.237. The summed E-state index contributed by atoms with van der Waals surface area (Å²) in [6, 6.07) is 1.57. The molecule has 0 saturated carbocycles. The number of piperidine rings is 1. The molecule has 0 aliphatic carbocycles. The number of hydrogen-bond acceptors (Lipinski definition) is 9. The number of alkyl halides is 1. The molecule has 5 rings (SSSR count). The van der Waals surface area contributed by atoms with Crippen molar-refractivity contribution in [1.82, 2.24) is 15.1 Å².